The highest BCUT2D eigenvalue weighted by Gasteiger charge is 2.13. The first kappa shape index (κ1) is 15.9. The van der Waals surface area contributed by atoms with Crippen molar-refractivity contribution in [2.24, 2.45) is 12.0 Å². The lowest BCUT2D eigenvalue weighted by Gasteiger charge is -2.16. The minimum absolute atomic E-state index is 0.0834. The smallest absolute Gasteiger partial charge is 0.251 e. The lowest BCUT2D eigenvalue weighted by atomic mass is 9.96. The van der Waals surface area contributed by atoms with Gasteiger partial charge in [0.25, 0.3) is 5.91 Å². The van der Waals surface area contributed by atoms with Gasteiger partial charge >= 0.3 is 0 Å². The van der Waals surface area contributed by atoms with E-state index in [1.54, 1.807) is 18.4 Å². The highest BCUT2D eigenvalue weighted by molar-refractivity contribution is 7.12. The second-order valence-corrected chi connectivity index (χ2v) is 6.85. The van der Waals surface area contributed by atoms with Crippen molar-refractivity contribution in [1.29, 1.82) is 0 Å². The summed E-state index contributed by atoms with van der Waals surface area (Å²) in [6.07, 6.45) is 6.24. The number of hydrogen-bond acceptors (Lipinski definition) is 4. The monoisotopic (exact) mass is 330 g/mol. The number of nitrogens with one attached hydrogen (secondary N) is 1. The molecule has 1 N–H and O–H groups in total. The Kier molecular flexibility index (Phi) is 4.91. The summed E-state index contributed by atoms with van der Waals surface area (Å²) in [6.45, 7) is 0. The minimum atomic E-state index is -0.0834. The average Bonchev–Trinajstić information content (AvgIpc) is 2.96. The Labute approximate surface area is 140 Å². The van der Waals surface area contributed by atoms with Crippen LogP contribution in [0.1, 0.15) is 42.5 Å². The standard InChI is InChI=1S/C17H22N4OS/c1-18-15(22)12-7-6-8-13(11-12)16-20-21(2)17(23-16)19-14-9-4-3-5-10-14/h6-8,11,14H,3-5,9-10H2,1-2H3,(H,18,22)/b19-17+. The van der Waals surface area contributed by atoms with Crippen LogP contribution in [0.15, 0.2) is 29.3 Å². The Morgan fingerprint density at radius 2 is 2.13 bits per heavy atom. The summed E-state index contributed by atoms with van der Waals surface area (Å²) in [7, 11) is 3.57. The quantitative estimate of drug-likeness (QED) is 0.941. The van der Waals surface area contributed by atoms with Crippen LogP contribution in [0.5, 0.6) is 0 Å². The third-order valence-electron chi connectivity index (χ3n) is 4.17. The molecule has 5 nitrogen and oxygen atoms in total. The second kappa shape index (κ2) is 7.08. The van der Waals surface area contributed by atoms with Crippen LogP contribution in [0.25, 0.3) is 10.6 Å². The van der Waals surface area contributed by atoms with Crippen molar-refractivity contribution in [2.75, 3.05) is 7.05 Å². The van der Waals surface area contributed by atoms with E-state index in [0.29, 0.717) is 11.6 Å². The Bertz CT molecular complexity index is 756. The van der Waals surface area contributed by atoms with Gasteiger partial charge in [-0.3, -0.25) is 9.79 Å². The van der Waals surface area contributed by atoms with Gasteiger partial charge in [0, 0.05) is 25.2 Å². The fourth-order valence-electron chi connectivity index (χ4n) is 2.88. The molecule has 6 heteroatoms. The molecule has 1 aromatic heterocycles. The molecule has 0 atom stereocenters. The van der Waals surface area contributed by atoms with Gasteiger partial charge in [-0.1, -0.05) is 42.7 Å². The lowest BCUT2D eigenvalue weighted by Crippen LogP contribution is -2.18. The van der Waals surface area contributed by atoms with Crippen LogP contribution in [0.2, 0.25) is 0 Å². The number of rotatable bonds is 3. The predicted octanol–water partition coefficient (Wildman–Crippen LogP) is 2.74. The first-order valence-corrected chi connectivity index (χ1v) is 8.89. The van der Waals surface area contributed by atoms with Crippen LogP contribution in [-0.4, -0.2) is 28.8 Å². The number of aryl methyl sites for hydroxylation is 1. The van der Waals surface area contributed by atoms with Crippen LogP contribution < -0.4 is 10.1 Å². The summed E-state index contributed by atoms with van der Waals surface area (Å²) in [5.74, 6) is -0.0834. The summed E-state index contributed by atoms with van der Waals surface area (Å²) >= 11 is 1.59. The fraction of sp³-hybridized carbons (Fsp3) is 0.471. The van der Waals surface area contributed by atoms with E-state index in [1.807, 2.05) is 36.0 Å². The van der Waals surface area contributed by atoms with Gasteiger partial charge in [0.1, 0.15) is 5.01 Å². The summed E-state index contributed by atoms with van der Waals surface area (Å²) in [6, 6.07) is 7.99. The van der Waals surface area contributed by atoms with Gasteiger partial charge in [0.2, 0.25) is 4.80 Å². The minimum Gasteiger partial charge on any atom is -0.355 e. The molecule has 1 aliphatic carbocycles. The normalized spacial score (nSPS) is 16.5. The molecule has 1 aromatic carbocycles. The Morgan fingerprint density at radius 3 is 2.87 bits per heavy atom. The number of aromatic nitrogens is 2. The molecule has 3 rings (SSSR count). The van der Waals surface area contributed by atoms with Crippen molar-refractivity contribution in [3.63, 3.8) is 0 Å². The first-order valence-electron chi connectivity index (χ1n) is 8.08. The maximum atomic E-state index is 11.8. The Hall–Kier alpha value is -1.95. The highest BCUT2D eigenvalue weighted by Crippen LogP contribution is 2.22. The molecule has 1 heterocycles. The van der Waals surface area contributed by atoms with Gasteiger partial charge < -0.3 is 5.32 Å². The van der Waals surface area contributed by atoms with Crippen molar-refractivity contribution in [2.45, 2.75) is 38.1 Å². The third kappa shape index (κ3) is 3.69. The number of hydrogen-bond donors (Lipinski definition) is 1. The van der Waals surface area contributed by atoms with Crippen LogP contribution in [0.3, 0.4) is 0 Å². The van der Waals surface area contributed by atoms with Gasteiger partial charge in [-0.15, -0.1) is 0 Å². The van der Waals surface area contributed by atoms with Crippen LogP contribution in [0, 0.1) is 0 Å². The molecule has 0 aliphatic heterocycles. The average molecular weight is 330 g/mol. The molecule has 0 saturated heterocycles. The first-order chi connectivity index (χ1) is 11.2. The van der Waals surface area contributed by atoms with Crippen molar-refractivity contribution in [3.05, 3.63) is 34.6 Å². The molecule has 0 spiro atoms. The molecule has 1 saturated carbocycles. The van der Waals surface area contributed by atoms with Gasteiger partial charge in [-0.2, -0.15) is 5.10 Å². The van der Waals surface area contributed by atoms with E-state index >= 15 is 0 Å². The molecular formula is C17H22N4OS. The van der Waals surface area contributed by atoms with Gasteiger partial charge in [-0.25, -0.2) is 4.68 Å². The van der Waals surface area contributed by atoms with Gasteiger partial charge in [-0.05, 0) is 25.0 Å². The maximum absolute atomic E-state index is 11.8. The zero-order valence-corrected chi connectivity index (χ0v) is 14.4. The fourth-order valence-corrected chi connectivity index (χ4v) is 3.84. The number of carbonyl (C=O) groups is 1. The van der Waals surface area contributed by atoms with Crippen molar-refractivity contribution >= 4 is 17.2 Å². The predicted molar refractivity (Wildman–Crippen MR) is 92.3 cm³/mol. The van der Waals surface area contributed by atoms with Crippen LogP contribution in [0.4, 0.5) is 0 Å². The van der Waals surface area contributed by atoms with Crippen molar-refractivity contribution in [3.8, 4) is 10.6 Å². The molecule has 1 amide bonds. The second-order valence-electron chi connectivity index (χ2n) is 5.89. The van der Waals surface area contributed by atoms with Crippen LogP contribution >= 0.6 is 11.3 Å². The maximum Gasteiger partial charge on any atom is 0.251 e. The largest absolute Gasteiger partial charge is 0.355 e. The Balaban J connectivity index is 1.91. The lowest BCUT2D eigenvalue weighted by molar-refractivity contribution is 0.0963. The zero-order valence-electron chi connectivity index (χ0n) is 13.6. The number of amides is 1. The van der Waals surface area contributed by atoms with Crippen LogP contribution in [-0.2, 0) is 7.05 Å². The van der Waals surface area contributed by atoms with E-state index in [2.05, 4.69) is 10.4 Å². The number of benzene rings is 1. The molecular weight excluding hydrogens is 308 g/mol. The molecule has 2 aromatic rings. The van der Waals surface area contributed by atoms with E-state index in [0.717, 1.165) is 15.4 Å². The van der Waals surface area contributed by atoms with Crippen molar-refractivity contribution < 1.29 is 4.79 Å². The SMILES string of the molecule is CNC(=O)c1cccc(-c2nn(C)/c(=N\C3CCCCC3)s2)c1. The van der Waals surface area contributed by atoms with E-state index in [4.69, 9.17) is 4.99 Å². The summed E-state index contributed by atoms with van der Waals surface area (Å²) < 4.78 is 1.85. The highest BCUT2D eigenvalue weighted by atomic mass is 32.1. The summed E-state index contributed by atoms with van der Waals surface area (Å²) in [5, 5.41) is 8.13. The Morgan fingerprint density at radius 1 is 1.35 bits per heavy atom. The molecule has 1 aliphatic rings. The molecule has 1 fully saturated rings. The topological polar surface area (TPSA) is 59.3 Å². The number of carbonyl (C=O) groups excluding carboxylic acids is 1. The zero-order chi connectivity index (χ0) is 16.2. The van der Waals surface area contributed by atoms with Gasteiger partial charge in [0.05, 0.1) is 6.04 Å². The summed E-state index contributed by atoms with van der Waals surface area (Å²) in [5.41, 5.74) is 1.60. The molecule has 0 bridgehead atoms. The van der Waals surface area contributed by atoms with E-state index in [9.17, 15) is 4.79 Å². The third-order valence-corrected chi connectivity index (χ3v) is 5.24. The van der Waals surface area contributed by atoms with E-state index in [-0.39, 0.29) is 5.91 Å². The molecule has 0 unspecified atom stereocenters. The number of nitrogens with zero attached hydrogens (tertiary/aromatic N) is 3. The molecule has 23 heavy (non-hydrogen) atoms. The van der Waals surface area contributed by atoms with Crippen molar-refractivity contribution in [1.82, 2.24) is 15.1 Å². The van der Waals surface area contributed by atoms with Gasteiger partial charge in [0.15, 0.2) is 0 Å². The molecule has 0 radical (unpaired) electrons. The van der Waals surface area contributed by atoms with E-state index < -0.39 is 0 Å². The van der Waals surface area contributed by atoms with E-state index in [1.165, 1.54) is 32.1 Å². The molecule has 122 valence electrons. The summed E-state index contributed by atoms with van der Waals surface area (Å²) in [4.78, 5) is 17.6.